The van der Waals surface area contributed by atoms with Crippen LogP contribution in [-0.4, -0.2) is 61.8 Å². The van der Waals surface area contributed by atoms with Crippen molar-refractivity contribution in [2.24, 2.45) is 0 Å². The van der Waals surface area contributed by atoms with Gasteiger partial charge in [-0.3, -0.25) is 4.68 Å². The number of halogens is 1. The average Bonchev–Trinajstić information content (AvgIpc) is 3.52. The van der Waals surface area contributed by atoms with Gasteiger partial charge in [0.2, 0.25) is 0 Å². The lowest BCUT2D eigenvalue weighted by Gasteiger charge is -2.33. The molecule has 0 unspecified atom stereocenters. The van der Waals surface area contributed by atoms with Crippen LogP contribution in [0.3, 0.4) is 0 Å². The van der Waals surface area contributed by atoms with E-state index in [0.29, 0.717) is 35.3 Å². The highest BCUT2D eigenvalue weighted by molar-refractivity contribution is 9.10. The summed E-state index contributed by atoms with van der Waals surface area (Å²) in [6.07, 6.45) is 6.08. The third kappa shape index (κ3) is 5.85. The van der Waals surface area contributed by atoms with E-state index < -0.39 is 15.6 Å². The first-order valence-corrected chi connectivity index (χ1v) is 15.3. The smallest absolute Gasteiger partial charge is 0.410 e. The molecular formula is C27H32BrN7O4S. The molecular weight excluding hydrogens is 598 g/mol. The van der Waals surface area contributed by atoms with Gasteiger partial charge in [0.25, 0.3) is 10.0 Å². The fourth-order valence-electron chi connectivity index (χ4n) is 4.62. The van der Waals surface area contributed by atoms with Crippen molar-refractivity contribution in [3.05, 3.63) is 64.8 Å². The molecule has 11 nitrogen and oxygen atoms in total. The van der Waals surface area contributed by atoms with Crippen LogP contribution in [0.5, 0.6) is 0 Å². The zero-order valence-electron chi connectivity index (χ0n) is 22.8. The van der Waals surface area contributed by atoms with Crippen LogP contribution in [0, 0.1) is 6.92 Å². The number of nitrogens with zero attached hydrogens (tertiary/aromatic N) is 6. The van der Waals surface area contributed by atoms with Gasteiger partial charge in [-0.2, -0.15) is 5.10 Å². The summed E-state index contributed by atoms with van der Waals surface area (Å²) in [5.74, 6) is 0.495. The molecule has 13 heteroatoms. The van der Waals surface area contributed by atoms with Gasteiger partial charge in [0, 0.05) is 30.0 Å². The van der Waals surface area contributed by atoms with Gasteiger partial charge in [-0.05, 0) is 74.7 Å². The minimum atomic E-state index is -3.85. The van der Waals surface area contributed by atoms with Crippen molar-refractivity contribution in [2.45, 2.75) is 63.6 Å². The number of carbonyl (C=O) groups is 1. The predicted molar refractivity (Wildman–Crippen MR) is 155 cm³/mol. The molecule has 212 valence electrons. The molecule has 4 aromatic rings. The van der Waals surface area contributed by atoms with Gasteiger partial charge in [0.05, 0.1) is 28.6 Å². The Morgan fingerprint density at radius 2 is 1.82 bits per heavy atom. The van der Waals surface area contributed by atoms with Crippen LogP contribution in [0.15, 0.2) is 58.4 Å². The Morgan fingerprint density at radius 1 is 1.12 bits per heavy atom. The fraction of sp³-hybridized carbons (Fsp3) is 0.407. The van der Waals surface area contributed by atoms with Crippen molar-refractivity contribution in [1.82, 2.24) is 28.6 Å². The van der Waals surface area contributed by atoms with Crippen molar-refractivity contribution >= 4 is 48.9 Å². The van der Waals surface area contributed by atoms with E-state index in [1.54, 1.807) is 29.2 Å². The van der Waals surface area contributed by atoms with E-state index in [9.17, 15) is 13.2 Å². The number of ether oxygens (including phenoxy) is 1. The lowest BCUT2D eigenvalue weighted by Crippen LogP contribution is -2.42. The van der Waals surface area contributed by atoms with Crippen molar-refractivity contribution < 1.29 is 17.9 Å². The largest absolute Gasteiger partial charge is 0.444 e. The SMILES string of the molecule is Cc1ccc(S(=O)(=O)n2cc(Br)c3c(NCc4ccn(C5CCN(C(=O)OC(C)(C)C)CC5)n4)ncnc32)cc1. The maximum Gasteiger partial charge on any atom is 0.410 e. The third-order valence-electron chi connectivity index (χ3n) is 6.67. The van der Waals surface area contributed by atoms with Crippen LogP contribution in [-0.2, 0) is 21.3 Å². The lowest BCUT2D eigenvalue weighted by molar-refractivity contribution is 0.0184. The zero-order chi connectivity index (χ0) is 28.7. The minimum absolute atomic E-state index is 0.179. The number of rotatable bonds is 6. The lowest BCUT2D eigenvalue weighted by atomic mass is 10.1. The summed E-state index contributed by atoms with van der Waals surface area (Å²) in [4.78, 5) is 22.9. The number of nitrogens with one attached hydrogen (secondary N) is 1. The van der Waals surface area contributed by atoms with Crippen LogP contribution in [0.4, 0.5) is 10.6 Å². The summed E-state index contributed by atoms with van der Waals surface area (Å²) < 4.78 is 35.9. The number of hydrogen-bond donors (Lipinski definition) is 1. The van der Waals surface area contributed by atoms with Crippen LogP contribution >= 0.6 is 15.9 Å². The highest BCUT2D eigenvalue weighted by Gasteiger charge is 2.28. The molecule has 1 aromatic carbocycles. The molecule has 0 radical (unpaired) electrons. The van der Waals surface area contributed by atoms with Gasteiger partial charge < -0.3 is 15.0 Å². The van der Waals surface area contributed by atoms with E-state index in [4.69, 9.17) is 9.84 Å². The molecule has 1 aliphatic heterocycles. The Hall–Kier alpha value is -3.45. The average molecular weight is 631 g/mol. The third-order valence-corrected chi connectivity index (χ3v) is 8.94. The Labute approximate surface area is 241 Å². The van der Waals surface area contributed by atoms with E-state index in [1.165, 1.54) is 16.5 Å². The summed E-state index contributed by atoms with van der Waals surface area (Å²) in [5, 5.41) is 8.58. The number of amides is 1. The van der Waals surface area contributed by atoms with Crippen LogP contribution in [0.2, 0.25) is 0 Å². The number of carbonyl (C=O) groups excluding carboxylic acids is 1. The first kappa shape index (κ1) is 28.1. The van der Waals surface area contributed by atoms with E-state index in [2.05, 4.69) is 31.2 Å². The van der Waals surface area contributed by atoms with Crippen molar-refractivity contribution in [2.75, 3.05) is 18.4 Å². The molecule has 0 bridgehead atoms. The number of piperidine rings is 1. The number of fused-ring (bicyclic) bond motifs is 1. The summed E-state index contributed by atoms with van der Waals surface area (Å²) in [7, 11) is -3.85. The standard InChI is InChI=1S/C27H32BrN7O4S/c1-18-5-7-21(8-6-18)40(37,38)35-16-22(28)23-24(30-17-31-25(23)35)29-15-19-9-14-34(32-19)20-10-12-33(13-11-20)26(36)39-27(2,3)4/h5-9,14,16-17,20H,10-13,15H2,1-4H3,(H,29,30,31). The molecule has 1 saturated heterocycles. The van der Waals surface area contributed by atoms with Gasteiger partial charge in [-0.15, -0.1) is 0 Å². The Morgan fingerprint density at radius 3 is 2.50 bits per heavy atom. The topological polar surface area (TPSA) is 124 Å². The second kappa shape index (κ2) is 10.8. The fourth-order valence-corrected chi connectivity index (χ4v) is 6.64. The molecule has 1 fully saturated rings. The molecule has 0 spiro atoms. The quantitative estimate of drug-likeness (QED) is 0.312. The van der Waals surface area contributed by atoms with Crippen molar-refractivity contribution in [1.29, 1.82) is 0 Å². The number of aryl methyl sites for hydroxylation is 1. The van der Waals surface area contributed by atoms with Gasteiger partial charge >= 0.3 is 6.09 Å². The Balaban J connectivity index is 1.27. The van der Waals surface area contributed by atoms with Crippen molar-refractivity contribution in [3.8, 4) is 0 Å². The number of aromatic nitrogens is 5. The maximum atomic E-state index is 13.4. The second-order valence-electron chi connectivity index (χ2n) is 10.9. The summed E-state index contributed by atoms with van der Waals surface area (Å²) in [5.41, 5.74) is 1.54. The normalized spacial score (nSPS) is 15.0. The monoisotopic (exact) mass is 629 g/mol. The van der Waals surface area contributed by atoms with Crippen LogP contribution in [0.1, 0.15) is 50.9 Å². The Kier molecular flexibility index (Phi) is 7.62. The molecule has 3 aromatic heterocycles. The molecule has 0 saturated carbocycles. The zero-order valence-corrected chi connectivity index (χ0v) is 25.2. The molecule has 1 amide bonds. The first-order chi connectivity index (χ1) is 18.9. The summed E-state index contributed by atoms with van der Waals surface area (Å²) >= 11 is 3.50. The summed E-state index contributed by atoms with van der Waals surface area (Å²) in [6, 6.07) is 8.82. The van der Waals surface area contributed by atoms with Gasteiger partial charge in [0.15, 0.2) is 5.65 Å². The first-order valence-electron chi connectivity index (χ1n) is 13.0. The van der Waals surface area contributed by atoms with Gasteiger partial charge in [-0.25, -0.2) is 27.2 Å². The predicted octanol–water partition coefficient (Wildman–Crippen LogP) is 5.12. The van der Waals surface area contributed by atoms with E-state index in [0.717, 1.165) is 24.1 Å². The number of benzene rings is 1. The molecule has 5 rings (SSSR count). The summed E-state index contributed by atoms with van der Waals surface area (Å²) in [6.45, 7) is 9.12. The molecule has 0 aliphatic carbocycles. The van der Waals surface area contributed by atoms with Crippen LogP contribution < -0.4 is 5.32 Å². The van der Waals surface area contributed by atoms with Crippen molar-refractivity contribution in [3.63, 3.8) is 0 Å². The number of likely N-dealkylation sites (tertiary alicyclic amines) is 1. The molecule has 0 atom stereocenters. The molecule has 1 aliphatic rings. The second-order valence-corrected chi connectivity index (χ2v) is 13.5. The van der Waals surface area contributed by atoms with Crippen LogP contribution in [0.25, 0.3) is 11.0 Å². The number of hydrogen-bond acceptors (Lipinski definition) is 8. The van der Waals surface area contributed by atoms with Gasteiger partial charge in [0.1, 0.15) is 17.7 Å². The highest BCUT2D eigenvalue weighted by atomic mass is 79.9. The number of anilines is 1. The Bertz CT molecular complexity index is 1630. The van der Waals surface area contributed by atoms with Gasteiger partial charge in [-0.1, -0.05) is 17.7 Å². The molecule has 1 N–H and O–H groups in total. The molecule has 4 heterocycles. The molecule has 40 heavy (non-hydrogen) atoms. The van der Waals surface area contributed by atoms with E-state index in [-0.39, 0.29) is 22.7 Å². The highest BCUT2D eigenvalue weighted by Crippen LogP contribution is 2.32. The minimum Gasteiger partial charge on any atom is -0.444 e. The maximum absolute atomic E-state index is 13.4. The van der Waals surface area contributed by atoms with E-state index >= 15 is 0 Å². The van der Waals surface area contributed by atoms with E-state index in [1.807, 2.05) is 44.6 Å².